The van der Waals surface area contributed by atoms with Crippen LogP contribution in [0.15, 0.2) is 24.3 Å². The Hall–Kier alpha value is -1.77. The Morgan fingerprint density at radius 3 is 2.71 bits per heavy atom. The van der Waals surface area contributed by atoms with Crippen LogP contribution in [0.3, 0.4) is 0 Å². The van der Waals surface area contributed by atoms with E-state index in [-0.39, 0.29) is 0 Å². The van der Waals surface area contributed by atoms with Gasteiger partial charge >= 0.3 is 0 Å². The standard InChI is InChI=1S/C11H7ClN2/c12-11-7-9(8-14)4-5-10(11)3-1-2-6-13/h1,3-5,7H,2H2. The van der Waals surface area contributed by atoms with Crippen LogP contribution in [-0.4, -0.2) is 0 Å². The van der Waals surface area contributed by atoms with Gasteiger partial charge in [0, 0.05) is 5.02 Å². The topological polar surface area (TPSA) is 47.6 Å². The number of allylic oxidation sites excluding steroid dienone is 1. The molecule has 0 aliphatic heterocycles. The Balaban J connectivity index is 2.92. The van der Waals surface area contributed by atoms with Gasteiger partial charge < -0.3 is 0 Å². The summed E-state index contributed by atoms with van der Waals surface area (Å²) in [5, 5.41) is 17.4. The molecule has 0 aliphatic rings. The van der Waals surface area contributed by atoms with Gasteiger partial charge in [0.15, 0.2) is 0 Å². The maximum absolute atomic E-state index is 8.60. The monoisotopic (exact) mass is 202 g/mol. The second-order valence-electron chi connectivity index (χ2n) is 2.61. The minimum Gasteiger partial charge on any atom is -0.198 e. The first kappa shape index (κ1) is 10.3. The maximum atomic E-state index is 8.60. The van der Waals surface area contributed by atoms with Gasteiger partial charge in [0.2, 0.25) is 0 Å². The maximum Gasteiger partial charge on any atom is 0.0992 e. The van der Waals surface area contributed by atoms with E-state index in [2.05, 4.69) is 0 Å². The van der Waals surface area contributed by atoms with Gasteiger partial charge in [-0.2, -0.15) is 10.5 Å². The molecule has 0 bridgehead atoms. The van der Waals surface area contributed by atoms with Crippen molar-refractivity contribution in [1.82, 2.24) is 0 Å². The van der Waals surface area contributed by atoms with Crippen molar-refractivity contribution in [3.8, 4) is 12.1 Å². The number of nitrogens with zero attached hydrogens (tertiary/aromatic N) is 2. The highest BCUT2D eigenvalue weighted by molar-refractivity contribution is 6.32. The highest BCUT2D eigenvalue weighted by atomic mass is 35.5. The highest BCUT2D eigenvalue weighted by Gasteiger charge is 1.97. The minimum atomic E-state index is 0.357. The summed E-state index contributed by atoms with van der Waals surface area (Å²) in [5.41, 5.74) is 1.35. The van der Waals surface area contributed by atoms with E-state index in [1.54, 1.807) is 30.4 Å². The molecular formula is C11H7ClN2. The van der Waals surface area contributed by atoms with Gasteiger partial charge in [0.05, 0.1) is 24.1 Å². The Morgan fingerprint density at radius 1 is 1.36 bits per heavy atom. The summed E-state index contributed by atoms with van der Waals surface area (Å²) in [6.07, 6.45) is 3.86. The minimum absolute atomic E-state index is 0.357. The molecular weight excluding hydrogens is 196 g/mol. The summed E-state index contributed by atoms with van der Waals surface area (Å²) in [5.74, 6) is 0. The molecule has 3 heteroatoms. The number of hydrogen-bond donors (Lipinski definition) is 0. The molecule has 0 spiro atoms. The number of halogens is 1. The van der Waals surface area contributed by atoms with Crippen LogP contribution in [0.2, 0.25) is 5.02 Å². The number of hydrogen-bond acceptors (Lipinski definition) is 2. The zero-order chi connectivity index (χ0) is 10.4. The molecule has 1 aromatic rings. The predicted octanol–water partition coefficient (Wildman–Crippen LogP) is 3.14. The zero-order valence-corrected chi connectivity index (χ0v) is 8.12. The van der Waals surface area contributed by atoms with Crippen molar-refractivity contribution in [2.75, 3.05) is 0 Å². The fraction of sp³-hybridized carbons (Fsp3) is 0.0909. The molecule has 2 nitrogen and oxygen atoms in total. The number of nitriles is 2. The lowest BCUT2D eigenvalue weighted by atomic mass is 10.1. The van der Waals surface area contributed by atoms with Gasteiger partial charge in [-0.05, 0) is 17.7 Å². The molecule has 14 heavy (non-hydrogen) atoms. The fourth-order valence-corrected chi connectivity index (χ4v) is 1.21. The van der Waals surface area contributed by atoms with Crippen LogP contribution in [0.5, 0.6) is 0 Å². The van der Waals surface area contributed by atoms with Gasteiger partial charge in [0.25, 0.3) is 0 Å². The lowest BCUT2D eigenvalue weighted by molar-refractivity contribution is 1.36. The van der Waals surface area contributed by atoms with E-state index < -0.39 is 0 Å². The predicted molar refractivity (Wildman–Crippen MR) is 55.4 cm³/mol. The SMILES string of the molecule is N#CCC=Cc1ccc(C#N)cc1Cl. The molecule has 0 heterocycles. The first-order valence-corrected chi connectivity index (χ1v) is 4.39. The fourth-order valence-electron chi connectivity index (χ4n) is 0.970. The van der Waals surface area contributed by atoms with Crippen LogP contribution in [-0.2, 0) is 0 Å². The van der Waals surface area contributed by atoms with Crippen molar-refractivity contribution in [3.63, 3.8) is 0 Å². The molecule has 0 aromatic heterocycles. The van der Waals surface area contributed by atoms with Crippen molar-refractivity contribution in [1.29, 1.82) is 10.5 Å². The first-order valence-electron chi connectivity index (χ1n) is 4.01. The average Bonchev–Trinajstić information content (AvgIpc) is 2.20. The molecule has 0 atom stereocenters. The lowest BCUT2D eigenvalue weighted by Crippen LogP contribution is -1.78. The van der Waals surface area contributed by atoms with Crippen LogP contribution >= 0.6 is 11.6 Å². The van der Waals surface area contributed by atoms with Crippen LogP contribution in [0.25, 0.3) is 6.08 Å². The third-order valence-electron chi connectivity index (χ3n) is 1.64. The highest BCUT2D eigenvalue weighted by Crippen LogP contribution is 2.18. The van der Waals surface area contributed by atoms with Gasteiger partial charge in [-0.3, -0.25) is 0 Å². The van der Waals surface area contributed by atoms with E-state index in [0.717, 1.165) is 5.56 Å². The van der Waals surface area contributed by atoms with Gasteiger partial charge in [0.1, 0.15) is 0 Å². The number of rotatable bonds is 2. The summed E-state index contributed by atoms with van der Waals surface area (Å²) in [7, 11) is 0. The molecule has 0 saturated carbocycles. The van der Waals surface area contributed by atoms with Gasteiger partial charge in [-0.25, -0.2) is 0 Å². The van der Waals surface area contributed by atoms with E-state index in [9.17, 15) is 0 Å². The summed E-state index contributed by atoms with van der Waals surface area (Å²) in [6.45, 7) is 0. The molecule has 68 valence electrons. The molecule has 0 unspecified atom stereocenters. The van der Waals surface area contributed by atoms with Crippen LogP contribution in [0, 0.1) is 22.7 Å². The zero-order valence-electron chi connectivity index (χ0n) is 7.37. The van der Waals surface area contributed by atoms with E-state index >= 15 is 0 Å². The molecule has 0 N–H and O–H groups in total. The second kappa shape index (κ2) is 5.07. The lowest BCUT2D eigenvalue weighted by Gasteiger charge is -1.97. The van der Waals surface area contributed by atoms with Crippen molar-refractivity contribution >= 4 is 17.7 Å². The van der Waals surface area contributed by atoms with Gasteiger partial charge in [-0.1, -0.05) is 29.8 Å². The third-order valence-corrected chi connectivity index (χ3v) is 1.96. The van der Waals surface area contributed by atoms with Crippen LogP contribution in [0.4, 0.5) is 0 Å². The summed E-state index contributed by atoms with van der Waals surface area (Å²) >= 11 is 5.90. The third kappa shape index (κ3) is 2.62. The Bertz CT molecular complexity index is 436. The average molecular weight is 203 g/mol. The molecule has 0 aliphatic carbocycles. The van der Waals surface area contributed by atoms with E-state index in [1.807, 2.05) is 12.1 Å². The Kier molecular flexibility index (Phi) is 3.73. The normalized spacial score (nSPS) is 9.64. The van der Waals surface area contributed by atoms with Crippen molar-refractivity contribution in [3.05, 3.63) is 40.4 Å². The summed E-state index contributed by atoms with van der Waals surface area (Å²) < 4.78 is 0. The van der Waals surface area contributed by atoms with Crippen molar-refractivity contribution < 1.29 is 0 Å². The molecule has 1 rings (SSSR count). The number of benzene rings is 1. The van der Waals surface area contributed by atoms with E-state index in [1.165, 1.54) is 0 Å². The van der Waals surface area contributed by atoms with Gasteiger partial charge in [-0.15, -0.1) is 0 Å². The molecule has 1 aromatic carbocycles. The van der Waals surface area contributed by atoms with E-state index in [0.29, 0.717) is 17.0 Å². The Labute approximate surface area is 87.7 Å². The van der Waals surface area contributed by atoms with E-state index in [4.69, 9.17) is 22.1 Å². The molecule has 0 radical (unpaired) electrons. The second-order valence-corrected chi connectivity index (χ2v) is 3.02. The smallest absolute Gasteiger partial charge is 0.0992 e. The first-order chi connectivity index (χ1) is 6.77. The summed E-state index contributed by atoms with van der Waals surface area (Å²) in [4.78, 5) is 0. The molecule has 0 saturated heterocycles. The van der Waals surface area contributed by atoms with Crippen molar-refractivity contribution in [2.45, 2.75) is 6.42 Å². The Morgan fingerprint density at radius 2 is 2.14 bits per heavy atom. The quantitative estimate of drug-likeness (QED) is 0.740. The molecule has 0 fully saturated rings. The summed E-state index contributed by atoms with van der Waals surface area (Å²) in [6, 6.07) is 9.05. The largest absolute Gasteiger partial charge is 0.198 e. The van der Waals surface area contributed by atoms with Crippen LogP contribution in [0.1, 0.15) is 17.5 Å². The van der Waals surface area contributed by atoms with Crippen LogP contribution < -0.4 is 0 Å². The molecule has 0 amide bonds. The van der Waals surface area contributed by atoms with Crippen molar-refractivity contribution in [2.24, 2.45) is 0 Å².